The van der Waals surface area contributed by atoms with Crippen molar-refractivity contribution in [3.05, 3.63) is 88.1 Å². The summed E-state index contributed by atoms with van der Waals surface area (Å²) in [6.07, 6.45) is 0.726. The van der Waals surface area contributed by atoms with Gasteiger partial charge in [-0.25, -0.2) is 9.07 Å². The van der Waals surface area contributed by atoms with E-state index in [4.69, 9.17) is 0 Å². The van der Waals surface area contributed by atoms with Gasteiger partial charge in [0.05, 0.1) is 5.69 Å². The Kier molecular flexibility index (Phi) is 5.31. The molecule has 1 heterocycles. The molecular weight excluding hydrogens is 333 g/mol. The number of halogens is 1. The Hall–Kier alpha value is -3.15. The minimum absolute atomic E-state index is 0.151. The first-order valence-electron chi connectivity index (χ1n) is 8.50. The maximum absolute atomic E-state index is 13.9. The predicted octanol–water partition coefficient (Wildman–Crippen LogP) is 3.36. The van der Waals surface area contributed by atoms with Crippen LogP contribution in [-0.4, -0.2) is 27.1 Å². The van der Waals surface area contributed by atoms with E-state index < -0.39 is 0 Å². The number of aromatic amines is 1. The zero-order valence-corrected chi connectivity index (χ0v) is 14.5. The highest BCUT2D eigenvalue weighted by molar-refractivity contribution is 5.92. The molecule has 0 aliphatic heterocycles. The molecule has 0 unspecified atom stereocenters. The number of benzene rings is 2. The SMILES string of the molecule is CCCN(Cc1ccccc1F)C(=O)c1cc(=O)n(-c2ccccc2)[nH]1. The van der Waals surface area contributed by atoms with Gasteiger partial charge in [0.25, 0.3) is 11.5 Å². The molecule has 26 heavy (non-hydrogen) atoms. The fourth-order valence-corrected chi connectivity index (χ4v) is 2.80. The van der Waals surface area contributed by atoms with E-state index in [9.17, 15) is 14.0 Å². The molecule has 0 bridgehead atoms. The Labute approximate surface area is 150 Å². The van der Waals surface area contributed by atoms with Crippen molar-refractivity contribution in [2.75, 3.05) is 6.54 Å². The molecule has 0 saturated heterocycles. The summed E-state index contributed by atoms with van der Waals surface area (Å²) in [6, 6.07) is 16.7. The first-order valence-corrected chi connectivity index (χ1v) is 8.50. The fraction of sp³-hybridized carbons (Fsp3) is 0.200. The van der Waals surface area contributed by atoms with Crippen molar-refractivity contribution in [2.45, 2.75) is 19.9 Å². The molecule has 1 aromatic heterocycles. The number of amides is 1. The van der Waals surface area contributed by atoms with E-state index >= 15 is 0 Å². The normalized spacial score (nSPS) is 10.7. The van der Waals surface area contributed by atoms with E-state index in [1.807, 2.05) is 25.1 Å². The van der Waals surface area contributed by atoms with Crippen LogP contribution in [-0.2, 0) is 6.54 Å². The first-order chi connectivity index (χ1) is 12.6. The van der Waals surface area contributed by atoms with Gasteiger partial charge < -0.3 is 4.90 Å². The smallest absolute Gasteiger partial charge is 0.272 e. The van der Waals surface area contributed by atoms with Gasteiger partial charge in [-0.05, 0) is 24.6 Å². The second kappa shape index (κ2) is 7.82. The first kappa shape index (κ1) is 17.7. The number of hydrogen-bond donors (Lipinski definition) is 1. The monoisotopic (exact) mass is 353 g/mol. The number of hydrogen-bond acceptors (Lipinski definition) is 2. The topological polar surface area (TPSA) is 58.1 Å². The third kappa shape index (κ3) is 3.74. The van der Waals surface area contributed by atoms with E-state index in [2.05, 4.69) is 5.10 Å². The van der Waals surface area contributed by atoms with E-state index in [0.29, 0.717) is 17.8 Å². The number of carbonyl (C=O) groups is 1. The maximum atomic E-state index is 13.9. The summed E-state index contributed by atoms with van der Waals surface area (Å²) in [6.45, 7) is 2.56. The highest BCUT2D eigenvalue weighted by Crippen LogP contribution is 2.13. The molecule has 3 aromatic rings. The molecular formula is C20H20FN3O2. The molecule has 1 amide bonds. The zero-order valence-electron chi connectivity index (χ0n) is 14.5. The van der Waals surface area contributed by atoms with Crippen LogP contribution in [0.15, 0.2) is 65.5 Å². The summed E-state index contributed by atoms with van der Waals surface area (Å²) >= 11 is 0. The third-order valence-electron chi connectivity index (χ3n) is 4.07. The van der Waals surface area contributed by atoms with Crippen LogP contribution in [0.2, 0.25) is 0 Å². The van der Waals surface area contributed by atoms with E-state index in [1.54, 1.807) is 35.2 Å². The Morgan fingerprint density at radius 3 is 2.50 bits per heavy atom. The molecule has 3 rings (SSSR count). The standard InChI is InChI=1S/C20H20FN3O2/c1-2-12-23(14-15-8-6-7-11-17(15)21)20(26)18-13-19(25)24(22-18)16-9-4-3-5-10-16/h3-11,13,22H,2,12,14H2,1H3. The van der Waals surface area contributed by atoms with Crippen molar-refractivity contribution >= 4 is 5.91 Å². The lowest BCUT2D eigenvalue weighted by atomic mass is 10.2. The fourth-order valence-electron chi connectivity index (χ4n) is 2.80. The number of para-hydroxylation sites is 1. The van der Waals surface area contributed by atoms with Crippen molar-refractivity contribution in [1.29, 1.82) is 0 Å². The number of nitrogens with zero attached hydrogens (tertiary/aromatic N) is 2. The van der Waals surface area contributed by atoms with Crippen molar-refractivity contribution in [1.82, 2.24) is 14.7 Å². The lowest BCUT2D eigenvalue weighted by molar-refractivity contribution is 0.0735. The minimum atomic E-state index is -0.350. The number of nitrogens with one attached hydrogen (secondary N) is 1. The summed E-state index contributed by atoms with van der Waals surface area (Å²) in [7, 11) is 0. The third-order valence-corrected chi connectivity index (χ3v) is 4.07. The van der Waals surface area contributed by atoms with Crippen LogP contribution in [0.4, 0.5) is 4.39 Å². The molecule has 0 saturated carbocycles. The van der Waals surface area contributed by atoms with Crippen molar-refractivity contribution in [3.8, 4) is 5.69 Å². The van der Waals surface area contributed by atoms with Gasteiger partial charge in [-0.15, -0.1) is 0 Å². The second-order valence-electron chi connectivity index (χ2n) is 6.00. The quantitative estimate of drug-likeness (QED) is 0.739. The molecule has 6 heteroatoms. The molecule has 0 atom stereocenters. The molecule has 0 aliphatic carbocycles. The lowest BCUT2D eigenvalue weighted by Gasteiger charge is -2.21. The van der Waals surface area contributed by atoms with E-state index in [-0.39, 0.29) is 29.5 Å². The van der Waals surface area contributed by atoms with Crippen LogP contribution < -0.4 is 5.56 Å². The Bertz CT molecular complexity index is 947. The van der Waals surface area contributed by atoms with E-state index in [0.717, 1.165) is 6.42 Å². The van der Waals surface area contributed by atoms with Crippen molar-refractivity contribution < 1.29 is 9.18 Å². The Morgan fingerprint density at radius 1 is 1.12 bits per heavy atom. The molecule has 134 valence electrons. The molecule has 0 radical (unpaired) electrons. The summed E-state index contributed by atoms with van der Waals surface area (Å²) < 4.78 is 15.3. The van der Waals surface area contributed by atoms with Crippen molar-refractivity contribution in [3.63, 3.8) is 0 Å². The summed E-state index contributed by atoms with van der Waals surface area (Å²) in [5.74, 6) is -0.682. The van der Waals surface area contributed by atoms with Crippen LogP contribution in [0.1, 0.15) is 29.4 Å². The zero-order chi connectivity index (χ0) is 18.5. The number of H-pyrrole nitrogens is 1. The van der Waals surface area contributed by atoms with Gasteiger partial charge in [-0.3, -0.25) is 14.7 Å². The van der Waals surface area contributed by atoms with Gasteiger partial charge in [0.1, 0.15) is 11.5 Å². The summed E-state index contributed by atoms with van der Waals surface area (Å²) in [4.78, 5) is 26.6. The highest BCUT2D eigenvalue weighted by Gasteiger charge is 2.20. The van der Waals surface area contributed by atoms with Gasteiger partial charge in [0.2, 0.25) is 0 Å². The minimum Gasteiger partial charge on any atom is -0.333 e. The summed E-state index contributed by atoms with van der Waals surface area (Å²) in [5.41, 5.74) is 0.956. The molecule has 0 spiro atoms. The van der Waals surface area contributed by atoms with Crippen LogP contribution in [0.25, 0.3) is 5.69 Å². The van der Waals surface area contributed by atoms with E-state index in [1.165, 1.54) is 16.8 Å². The highest BCUT2D eigenvalue weighted by atomic mass is 19.1. The van der Waals surface area contributed by atoms with Crippen LogP contribution in [0, 0.1) is 5.82 Å². The molecule has 1 N–H and O–H groups in total. The number of carbonyl (C=O) groups excluding carboxylic acids is 1. The number of rotatable bonds is 6. The van der Waals surface area contributed by atoms with Crippen LogP contribution in [0.5, 0.6) is 0 Å². The van der Waals surface area contributed by atoms with Gasteiger partial charge in [0.15, 0.2) is 0 Å². The predicted molar refractivity (Wildman–Crippen MR) is 97.8 cm³/mol. The molecule has 5 nitrogen and oxygen atoms in total. The van der Waals surface area contributed by atoms with Crippen LogP contribution in [0.3, 0.4) is 0 Å². The average molecular weight is 353 g/mol. The molecule has 2 aromatic carbocycles. The number of aromatic nitrogens is 2. The molecule has 0 fully saturated rings. The Balaban J connectivity index is 1.88. The van der Waals surface area contributed by atoms with Crippen molar-refractivity contribution in [2.24, 2.45) is 0 Å². The molecule has 0 aliphatic rings. The van der Waals surface area contributed by atoms with Gasteiger partial charge in [-0.1, -0.05) is 43.3 Å². The largest absolute Gasteiger partial charge is 0.333 e. The van der Waals surface area contributed by atoms with Gasteiger partial charge >= 0.3 is 0 Å². The van der Waals surface area contributed by atoms with Crippen LogP contribution >= 0.6 is 0 Å². The van der Waals surface area contributed by atoms with Gasteiger partial charge in [-0.2, -0.15) is 0 Å². The Morgan fingerprint density at radius 2 is 1.81 bits per heavy atom. The summed E-state index contributed by atoms with van der Waals surface area (Å²) in [5, 5.41) is 2.86. The maximum Gasteiger partial charge on any atom is 0.272 e. The second-order valence-corrected chi connectivity index (χ2v) is 6.00. The average Bonchev–Trinajstić information content (AvgIpc) is 3.05. The van der Waals surface area contributed by atoms with Gasteiger partial charge in [0, 0.05) is 24.7 Å². The lowest BCUT2D eigenvalue weighted by Crippen LogP contribution is -2.32.